The van der Waals surface area contributed by atoms with Crippen LogP contribution in [0.25, 0.3) is 5.82 Å². The molecule has 8 nitrogen and oxygen atoms in total. The van der Waals surface area contributed by atoms with Gasteiger partial charge in [0.2, 0.25) is 5.82 Å². The number of amides is 2. The van der Waals surface area contributed by atoms with Crippen molar-refractivity contribution in [3.63, 3.8) is 0 Å². The van der Waals surface area contributed by atoms with Crippen molar-refractivity contribution in [3.05, 3.63) is 70.9 Å². The number of alkyl halides is 2. The number of pyridine rings is 1. The molecule has 0 saturated heterocycles. The van der Waals surface area contributed by atoms with Crippen LogP contribution in [0.15, 0.2) is 42.6 Å². The highest BCUT2D eigenvalue weighted by Gasteiger charge is 2.40. The summed E-state index contributed by atoms with van der Waals surface area (Å²) >= 11 is 0. The summed E-state index contributed by atoms with van der Waals surface area (Å²) in [5.41, 5.74) is 0.750. The number of halogens is 2. The maximum Gasteiger partial charge on any atom is 0.299 e. The zero-order valence-electron chi connectivity index (χ0n) is 15.0. The summed E-state index contributed by atoms with van der Waals surface area (Å²) < 4.78 is 27.6. The quantitative estimate of drug-likeness (QED) is 0.630. The minimum Gasteiger partial charge on any atom is -0.269 e. The summed E-state index contributed by atoms with van der Waals surface area (Å²) in [6.45, 7) is 1.50. The third-order valence-electron chi connectivity index (χ3n) is 4.52. The molecular formula is C19H12F2N6O2. The normalized spacial score (nSPS) is 14.2. The number of hydrogen-bond donors (Lipinski definition) is 0. The van der Waals surface area contributed by atoms with E-state index in [1.807, 2.05) is 6.07 Å². The molecule has 0 aliphatic carbocycles. The lowest BCUT2D eigenvalue weighted by atomic mass is 10.1. The second-order valence-electron chi connectivity index (χ2n) is 6.26. The molecule has 0 bridgehead atoms. The molecule has 1 aliphatic rings. The topological polar surface area (TPSA) is 105 Å². The number of carbonyl (C=O) groups is 2. The van der Waals surface area contributed by atoms with Crippen molar-refractivity contribution in [1.29, 1.82) is 5.26 Å². The van der Waals surface area contributed by atoms with Crippen molar-refractivity contribution >= 4 is 11.8 Å². The van der Waals surface area contributed by atoms with Crippen molar-refractivity contribution in [3.8, 4) is 11.9 Å². The molecule has 1 atom stereocenters. The van der Waals surface area contributed by atoms with Gasteiger partial charge < -0.3 is 0 Å². The molecule has 4 rings (SSSR count). The Hall–Kier alpha value is -4.00. The second-order valence-corrected chi connectivity index (χ2v) is 6.26. The van der Waals surface area contributed by atoms with Crippen LogP contribution in [0.1, 0.15) is 57.3 Å². The van der Waals surface area contributed by atoms with E-state index in [0.29, 0.717) is 0 Å². The maximum atomic E-state index is 13.3. The summed E-state index contributed by atoms with van der Waals surface area (Å²) in [4.78, 5) is 34.3. The largest absolute Gasteiger partial charge is 0.299 e. The number of fused-ring (bicyclic) bond motifs is 1. The van der Waals surface area contributed by atoms with Crippen LogP contribution in [0.5, 0.6) is 0 Å². The summed E-state index contributed by atoms with van der Waals surface area (Å²) in [6, 6.07) is 10.1. The number of hydrogen-bond acceptors (Lipinski definition) is 6. The first kappa shape index (κ1) is 18.4. The zero-order chi connectivity index (χ0) is 20.7. The van der Waals surface area contributed by atoms with E-state index in [1.165, 1.54) is 37.4 Å². The number of carbonyl (C=O) groups excluding carboxylic acids is 2. The van der Waals surface area contributed by atoms with Gasteiger partial charge in [-0.15, -0.1) is 5.10 Å². The van der Waals surface area contributed by atoms with Gasteiger partial charge in [0.25, 0.3) is 18.2 Å². The standard InChI is InChI=1S/C19H12F2N6O2/c1-10(26-18(28)12-4-2-3-5-13(12)19(26)29)17-24-16(15(20)21)25-27(17)14-7-6-11(8-22)9-23-14/h2-7,9-10,15H,1H3. The highest BCUT2D eigenvalue weighted by Crippen LogP contribution is 2.32. The third kappa shape index (κ3) is 2.93. The van der Waals surface area contributed by atoms with Gasteiger partial charge in [0.15, 0.2) is 11.6 Å². The molecular weight excluding hydrogens is 382 g/mol. The lowest BCUT2D eigenvalue weighted by molar-refractivity contribution is 0.0587. The summed E-state index contributed by atoms with van der Waals surface area (Å²) in [5, 5.41) is 12.7. The fourth-order valence-corrected chi connectivity index (χ4v) is 3.12. The van der Waals surface area contributed by atoms with Gasteiger partial charge in [-0.25, -0.2) is 18.7 Å². The number of imide groups is 1. The molecule has 0 N–H and O–H groups in total. The minimum absolute atomic E-state index is 0.0491. The van der Waals surface area contributed by atoms with Gasteiger partial charge in [-0.2, -0.15) is 9.94 Å². The first-order chi connectivity index (χ1) is 13.9. The number of aromatic nitrogens is 4. The Bertz CT molecular complexity index is 1130. The van der Waals surface area contributed by atoms with E-state index < -0.39 is 30.1 Å². The van der Waals surface area contributed by atoms with Crippen LogP contribution in [-0.4, -0.2) is 36.5 Å². The Balaban J connectivity index is 1.79. The van der Waals surface area contributed by atoms with E-state index in [1.54, 1.807) is 12.1 Å². The summed E-state index contributed by atoms with van der Waals surface area (Å²) in [5.74, 6) is -1.76. The van der Waals surface area contributed by atoms with E-state index >= 15 is 0 Å². The fraction of sp³-hybridized carbons (Fsp3) is 0.158. The maximum absolute atomic E-state index is 13.3. The van der Waals surface area contributed by atoms with Crippen LogP contribution in [0, 0.1) is 11.3 Å². The lowest BCUT2D eigenvalue weighted by Crippen LogP contribution is -2.34. The molecule has 3 heterocycles. The molecule has 2 amide bonds. The molecule has 3 aromatic rings. The second kappa shape index (κ2) is 6.87. The minimum atomic E-state index is -2.96. The summed E-state index contributed by atoms with van der Waals surface area (Å²) in [6.07, 6.45) is -1.70. The van der Waals surface area contributed by atoms with Gasteiger partial charge in [-0.3, -0.25) is 14.5 Å². The van der Waals surface area contributed by atoms with E-state index in [2.05, 4.69) is 15.1 Å². The molecule has 144 valence electrons. The van der Waals surface area contributed by atoms with Gasteiger partial charge in [0.05, 0.1) is 22.7 Å². The van der Waals surface area contributed by atoms with E-state index in [-0.39, 0.29) is 28.3 Å². The third-order valence-corrected chi connectivity index (χ3v) is 4.52. The van der Waals surface area contributed by atoms with E-state index in [4.69, 9.17) is 5.26 Å². The molecule has 0 spiro atoms. The average Bonchev–Trinajstić information content (AvgIpc) is 3.29. The van der Waals surface area contributed by atoms with Gasteiger partial charge in [-0.1, -0.05) is 12.1 Å². The Kier molecular flexibility index (Phi) is 4.35. The number of nitrogens with zero attached hydrogens (tertiary/aromatic N) is 6. The Morgan fingerprint density at radius 2 is 1.72 bits per heavy atom. The van der Waals surface area contributed by atoms with Crippen molar-refractivity contribution < 1.29 is 18.4 Å². The molecule has 2 aromatic heterocycles. The first-order valence-electron chi connectivity index (χ1n) is 8.50. The Morgan fingerprint density at radius 1 is 1.07 bits per heavy atom. The molecule has 1 unspecified atom stereocenters. The molecule has 29 heavy (non-hydrogen) atoms. The molecule has 1 aromatic carbocycles. The number of nitriles is 1. The Labute approximate surface area is 163 Å². The fourth-order valence-electron chi connectivity index (χ4n) is 3.12. The van der Waals surface area contributed by atoms with Gasteiger partial charge in [0.1, 0.15) is 6.07 Å². The molecule has 0 saturated carbocycles. The van der Waals surface area contributed by atoms with Crippen LogP contribution in [0.2, 0.25) is 0 Å². The summed E-state index contributed by atoms with van der Waals surface area (Å²) in [7, 11) is 0. The lowest BCUT2D eigenvalue weighted by Gasteiger charge is -2.22. The zero-order valence-corrected chi connectivity index (χ0v) is 15.0. The number of rotatable bonds is 4. The van der Waals surface area contributed by atoms with E-state index in [9.17, 15) is 18.4 Å². The SMILES string of the molecule is CC(c1nc(C(F)F)nn1-c1ccc(C#N)cn1)N1C(=O)c2ccccc2C1=O. The highest BCUT2D eigenvalue weighted by atomic mass is 19.3. The molecule has 10 heteroatoms. The van der Waals surface area contributed by atoms with Crippen molar-refractivity contribution in [2.45, 2.75) is 19.4 Å². The monoisotopic (exact) mass is 394 g/mol. The molecule has 0 fully saturated rings. The number of benzene rings is 1. The van der Waals surface area contributed by atoms with Gasteiger partial charge in [0, 0.05) is 6.20 Å². The first-order valence-corrected chi connectivity index (χ1v) is 8.50. The molecule has 0 radical (unpaired) electrons. The van der Waals surface area contributed by atoms with Crippen LogP contribution in [0.4, 0.5) is 8.78 Å². The van der Waals surface area contributed by atoms with Crippen LogP contribution >= 0.6 is 0 Å². The van der Waals surface area contributed by atoms with Crippen LogP contribution in [-0.2, 0) is 0 Å². The van der Waals surface area contributed by atoms with Crippen molar-refractivity contribution in [2.24, 2.45) is 0 Å². The van der Waals surface area contributed by atoms with Crippen LogP contribution < -0.4 is 0 Å². The highest BCUT2D eigenvalue weighted by molar-refractivity contribution is 6.21. The van der Waals surface area contributed by atoms with Crippen molar-refractivity contribution in [2.75, 3.05) is 0 Å². The van der Waals surface area contributed by atoms with Gasteiger partial charge >= 0.3 is 0 Å². The van der Waals surface area contributed by atoms with Crippen LogP contribution in [0.3, 0.4) is 0 Å². The molecule has 1 aliphatic heterocycles. The van der Waals surface area contributed by atoms with E-state index in [0.717, 1.165) is 9.58 Å². The predicted molar refractivity (Wildman–Crippen MR) is 94.2 cm³/mol. The smallest absolute Gasteiger partial charge is 0.269 e. The van der Waals surface area contributed by atoms with Gasteiger partial charge in [-0.05, 0) is 31.2 Å². The average molecular weight is 394 g/mol. The predicted octanol–water partition coefficient (Wildman–Crippen LogP) is 2.83. The Morgan fingerprint density at radius 3 is 2.24 bits per heavy atom. The van der Waals surface area contributed by atoms with Crippen molar-refractivity contribution in [1.82, 2.24) is 24.6 Å².